The summed E-state index contributed by atoms with van der Waals surface area (Å²) >= 11 is 3.42. The van der Waals surface area contributed by atoms with Crippen LogP contribution in [-0.2, 0) is 17.7 Å². The Labute approximate surface area is 217 Å². The molecule has 1 saturated heterocycles. The van der Waals surface area contributed by atoms with Crippen molar-refractivity contribution in [3.63, 3.8) is 0 Å². The Bertz CT molecular complexity index is 1470. The average Bonchev–Trinajstić information content (AvgIpc) is 2.91. The lowest BCUT2D eigenvalue weighted by molar-refractivity contribution is 0.0383. The lowest BCUT2D eigenvalue weighted by Gasteiger charge is -2.35. The molecule has 0 aliphatic carbocycles. The monoisotopic (exact) mass is 544 g/mol. The third-order valence-corrected chi connectivity index (χ3v) is 7.05. The molecule has 0 saturated carbocycles. The number of fused-ring (bicyclic) bond motifs is 2. The van der Waals surface area contributed by atoms with E-state index in [2.05, 4.69) is 60.4 Å². The van der Waals surface area contributed by atoms with Crippen LogP contribution in [0, 0.1) is 0 Å². The van der Waals surface area contributed by atoms with Gasteiger partial charge in [0.25, 0.3) is 5.56 Å². The second-order valence-electron chi connectivity index (χ2n) is 8.97. The summed E-state index contributed by atoms with van der Waals surface area (Å²) in [6.45, 7) is 2.52. The van der Waals surface area contributed by atoms with Crippen molar-refractivity contribution in [2.24, 2.45) is 0 Å². The molecule has 0 radical (unpaired) electrons. The molecule has 182 valence electrons. The first-order chi connectivity index (χ1) is 17.6. The first kappa shape index (κ1) is 22.8. The van der Waals surface area contributed by atoms with Crippen molar-refractivity contribution in [2.75, 3.05) is 29.9 Å². The minimum Gasteiger partial charge on any atom is -0.456 e. The number of benzene rings is 2. The molecule has 1 fully saturated rings. The van der Waals surface area contributed by atoms with Crippen LogP contribution in [0.2, 0.25) is 0 Å². The molecule has 8 heteroatoms. The third-order valence-electron chi connectivity index (χ3n) is 6.62. The molecule has 2 aliphatic heterocycles. The largest absolute Gasteiger partial charge is 0.456 e. The van der Waals surface area contributed by atoms with Gasteiger partial charge in [0.1, 0.15) is 27.9 Å². The SMILES string of the molecule is O=c1[nH]cccc1N1CCOC(c2cccc3c2Oc2ccc(NCc4ccnc(Br)c4)cc2C3)C1. The van der Waals surface area contributed by atoms with Crippen molar-refractivity contribution < 1.29 is 9.47 Å². The van der Waals surface area contributed by atoms with Gasteiger partial charge in [-0.3, -0.25) is 4.79 Å². The number of H-pyrrole nitrogens is 1. The van der Waals surface area contributed by atoms with Gasteiger partial charge in [-0.2, -0.15) is 0 Å². The fourth-order valence-corrected chi connectivity index (χ4v) is 5.25. The number of morpholine rings is 1. The van der Waals surface area contributed by atoms with Crippen LogP contribution < -0.4 is 20.5 Å². The Kier molecular flexibility index (Phi) is 6.21. The van der Waals surface area contributed by atoms with Crippen molar-refractivity contribution in [3.8, 4) is 11.5 Å². The molecule has 36 heavy (non-hydrogen) atoms. The summed E-state index contributed by atoms with van der Waals surface area (Å²) in [7, 11) is 0. The van der Waals surface area contributed by atoms with Crippen molar-refractivity contribution in [3.05, 3.63) is 110 Å². The normalized spacial score (nSPS) is 16.6. The molecule has 1 atom stereocenters. The number of nitrogens with one attached hydrogen (secondary N) is 2. The van der Waals surface area contributed by atoms with Crippen LogP contribution in [-0.4, -0.2) is 29.7 Å². The van der Waals surface area contributed by atoms with Crippen LogP contribution in [0.5, 0.6) is 11.5 Å². The number of ether oxygens (including phenoxy) is 2. The van der Waals surface area contributed by atoms with Gasteiger partial charge in [0.2, 0.25) is 0 Å². The maximum Gasteiger partial charge on any atom is 0.271 e. The van der Waals surface area contributed by atoms with Crippen LogP contribution in [0.4, 0.5) is 11.4 Å². The van der Waals surface area contributed by atoms with Crippen molar-refractivity contribution in [1.29, 1.82) is 0 Å². The maximum absolute atomic E-state index is 12.3. The number of halogens is 1. The van der Waals surface area contributed by atoms with Gasteiger partial charge >= 0.3 is 0 Å². The van der Waals surface area contributed by atoms with Gasteiger partial charge in [-0.15, -0.1) is 0 Å². The van der Waals surface area contributed by atoms with Crippen LogP contribution in [0.1, 0.15) is 28.4 Å². The van der Waals surface area contributed by atoms with E-state index in [1.54, 1.807) is 12.4 Å². The highest BCUT2D eigenvalue weighted by atomic mass is 79.9. The Hall–Kier alpha value is -3.62. The maximum atomic E-state index is 12.3. The van der Waals surface area contributed by atoms with Crippen molar-refractivity contribution in [2.45, 2.75) is 19.1 Å². The van der Waals surface area contributed by atoms with E-state index >= 15 is 0 Å². The number of hydrogen-bond acceptors (Lipinski definition) is 6. The van der Waals surface area contributed by atoms with Crippen LogP contribution in [0.25, 0.3) is 0 Å². The van der Waals surface area contributed by atoms with Crippen molar-refractivity contribution >= 4 is 27.3 Å². The van der Waals surface area contributed by atoms with E-state index in [4.69, 9.17) is 9.47 Å². The zero-order valence-electron chi connectivity index (χ0n) is 19.5. The Morgan fingerprint density at radius 2 is 2.06 bits per heavy atom. The summed E-state index contributed by atoms with van der Waals surface area (Å²) in [5.74, 6) is 1.72. The molecule has 4 aromatic rings. The molecule has 7 nitrogen and oxygen atoms in total. The summed E-state index contributed by atoms with van der Waals surface area (Å²) in [5.41, 5.74) is 6.07. The fourth-order valence-electron chi connectivity index (χ4n) is 4.84. The second kappa shape index (κ2) is 9.79. The number of nitrogens with zero attached hydrogens (tertiary/aromatic N) is 2. The molecule has 0 bridgehead atoms. The smallest absolute Gasteiger partial charge is 0.271 e. The first-order valence-corrected chi connectivity index (χ1v) is 12.7. The number of para-hydroxylation sites is 1. The van der Waals surface area contributed by atoms with Gasteiger partial charge in [-0.05, 0) is 69.5 Å². The van der Waals surface area contributed by atoms with Crippen LogP contribution in [0.15, 0.2) is 82.5 Å². The first-order valence-electron chi connectivity index (χ1n) is 12.0. The molecule has 0 amide bonds. The van der Waals surface area contributed by atoms with E-state index in [1.165, 1.54) is 0 Å². The number of hydrogen-bond donors (Lipinski definition) is 2. The van der Waals surface area contributed by atoms with E-state index < -0.39 is 0 Å². The summed E-state index contributed by atoms with van der Waals surface area (Å²) in [6, 6.07) is 20.2. The standard InChI is InChI=1S/C28H25BrN4O3/c29-26-13-18(8-10-30-26)16-32-21-6-7-24-20(15-21)14-19-3-1-4-22(27(19)36-24)25-17-33(11-12-35-25)23-5-2-9-31-28(23)34/h1-10,13,15,25,32H,11-12,14,16-17H2,(H,31,34). The Morgan fingerprint density at radius 1 is 1.11 bits per heavy atom. The fraction of sp³-hybridized carbons (Fsp3) is 0.214. The predicted molar refractivity (Wildman–Crippen MR) is 143 cm³/mol. The van der Waals surface area contributed by atoms with Gasteiger partial charge in [0.05, 0.1) is 6.61 Å². The van der Waals surface area contributed by atoms with Gasteiger partial charge in [0.15, 0.2) is 0 Å². The van der Waals surface area contributed by atoms with Gasteiger partial charge in [-0.1, -0.05) is 18.2 Å². The minimum atomic E-state index is -0.185. The van der Waals surface area contributed by atoms with E-state index in [-0.39, 0.29) is 11.7 Å². The number of aromatic amines is 1. The predicted octanol–water partition coefficient (Wildman–Crippen LogP) is 5.42. The molecule has 2 N–H and O–H groups in total. The Morgan fingerprint density at radius 3 is 2.94 bits per heavy atom. The van der Waals surface area contributed by atoms with E-state index in [1.807, 2.05) is 36.4 Å². The molecule has 1 unspecified atom stereocenters. The topological polar surface area (TPSA) is 79.5 Å². The van der Waals surface area contributed by atoms with Gasteiger partial charge in [-0.25, -0.2) is 4.98 Å². The molecular formula is C28H25BrN4O3. The molecule has 2 aromatic heterocycles. The molecule has 4 heterocycles. The molecule has 6 rings (SSSR count). The molecule has 2 aromatic carbocycles. The summed E-state index contributed by atoms with van der Waals surface area (Å²) in [4.78, 5) is 21.4. The van der Waals surface area contributed by atoms with Gasteiger partial charge in [0, 0.05) is 55.3 Å². The minimum absolute atomic E-state index is 0.0839. The highest BCUT2D eigenvalue weighted by molar-refractivity contribution is 9.10. The van der Waals surface area contributed by atoms with Crippen LogP contribution in [0.3, 0.4) is 0 Å². The third kappa shape index (κ3) is 4.62. The lowest BCUT2D eigenvalue weighted by Crippen LogP contribution is -2.41. The van der Waals surface area contributed by atoms with E-state index in [0.717, 1.165) is 50.5 Å². The van der Waals surface area contributed by atoms with Crippen LogP contribution >= 0.6 is 15.9 Å². The quantitative estimate of drug-likeness (QED) is 0.287. The van der Waals surface area contributed by atoms with Gasteiger partial charge < -0.3 is 24.7 Å². The number of anilines is 2. The average molecular weight is 545 g/mol. The lowest BCUT2D eigenvalue weighted by atomic mass is 9.95. The zero-order valence-corrected chi connectivity index (χ0v) is 21.1. The van der Waals surface area contributed by atoms with Crippen molar-refractivity contribution in [1.82, 2.24) is 9.97 Å². The highest BCUT2D eigenvalue weighted by Gasteiger charge is 2.29. The highest BCUT2D eigenvalue weighted by Crippen LogP contribution is 2.43. The Balaban J connectivity index is 1.21. The number of rotatable bonds is 5. The molecule has 2 aliphatic rings. The number of aromatic nitrogens is 2. The summed E-state index contributed by atoms with van der Waals surface area (Å²) in [6.07, 6.45) is 4.05. The second-order valence-corrected chi connectivity index (χ2v) is 9.78. The molecular weight excluding hydrogens is 520 g/mol. The molecule has 0 spiro atoms. The summed E-state index contributed by atoms with van der Waals surface area (Å²) in [5, 5.41) is 3.49. The summed E-state index contributed by atoms with van der Waals surface area (Å²) < 4.78 is 13.4. The number of pyridine rings is 2. The van der Waals surface area contributed by atoms with E-state index in [9.17, 15) is 4.79 Å². The van der Waals surface area contributed by atoms with E-state index in [0.29, 0.717) is 31.9 Å². The zero-order chi connectivity index (χ0) is 24.5.